The number of fused-ring (bicyclic) bond motifs is 8. The number of nitrogens with two attached hydrogens (primary N) is 4. The molecule has 3 aromatic rings. The lowest BCUT2D eigenvalue weighted by molar-refractivity contribution is -0.132. The molecule has 0 radical (unpaired) electrons. The van der Waals surface area contributed by atoms with Gasteiger partial charge >= 0.3 is 0 Å². The summed E-state index contributed by atoms with van der Waals surface area (Å²) in [6.45, 7) is 22.4. The van der Waals surface area contributed by atoms with Crippen LogP contribution >= 0.6 is 0 Å². The van der Waals surface area contributed by atoms with E-state index in [1.165, 1.54) is 0 Å². The Morgan fingerprint density at radius 3 is 1.31 bits per heavy atom. The number of H-pyrrole nitrogens is 2. The summed E-state index contributed by atoms with van der Waals surface area (Å²) in [5, 5.41) is 6.17. The summed E-state index contributed by atoms with van der Waals surface area (Å²) in [5.41, 5.74) is 37.2. The quantitative estimate of drug-likeness (QED) is 0.0279. The highest BCUT2D eigenvalue weighted by molar-refractivity contribution is 5.97. The second-order valence-electron chi connectivity index (χ2n) is 19.6. The van der Waals surface area contributed by atoms with Crippen LogP contribution in [-0.2, 0) is 19.2 Å². The SMILES string of the molecule is C=Cc1c(C)c2cc3[nH]c(cc4nc(cc5nc(cc1[nH]2)C(C)=C5CCC(=O)NCCCCC(=O)N(CCCN)CCCCN)C(CCC(=O)NCCCCC(=O)N(CCCN)CCCCN)=C4C)c(C)c3C=C. The maximum Gasteiger partial charge on any atom is 0.222 e. The Bertz CT molecular complexity index is 2680. The highest BCUT2D eigenvalue weighted by atomic mass is 16.2. The molecule has 0 atom stereocenters. The number of hydrogen-bond donors (Lipinski definition) is 8. The first-order valence-corrected chi connectivity index (χ1v) is 27.1. The standard InChI is InChI=1S/C58H86N12O4/c1-7-43-39(3)47-35-48-41(5)45(21-23-55(71)63-29-13-9-19-57(73)69(33-17-27-61)31-15-11-25-59)53(67-48)38-54-46(42(6)50(68-54)37-52-44(8-2)40(4)49(66-52)36-51(43)65-47)22-24-56(72)64-30-14-10-20-58(74)70(34-18-28-62)32-16-12-26-60/h7-8,35-38,65-66H,1-2,9-34,59-62H2,3-6H3,(H,63,71)(H,64,72). The molecule has 0 fully saturated rings. The van der Waals surface area contributed by atoms with Crippen LogP contribution in [0.1, 0.15) is 162 Å². The molecule has 0 spiro atoms. The van der Waals surface area contributed by atoms with Crippen LogP contribution in [0.3, 0.4) is 0 Å². The second-order valence-corrected chi connectivity index (χ2v) is 19.6. The highest BCUT2D eigenvalue weighted by Crippen LogP contribution is 2.38. The number of amides is 4. The van der Waals surface area contributed by atoms with Gasteiger partial charge < -0.3 is 53.3 Å². The van der Waals surface area contributed by atoms with E-state index in [1.807, 2.05) is 47.9 Å². The van der Waals surface area contributed by atoms with Gasteiger partial charge in [0.25, 0.3) is 0 Å². The van der Waals surface area contributed by atoms with Crippen LogP contribution in [0.15, 0.2) is 37.4 Å². The zero-order valence-corrected chi connectivity index (χ0v) is 45.0. The van der Waals surface area contributed by atoms with E-state index in [4.69, 9.17) is 32.9 Å². The first-order valence-electron chi connectivity index (χ1n) is 27.1. The van der Waals surface area contributed by atoms with E-state index in [-0.39, 0.29) is 36.5 Å². The molecule has 16 nitrogen and oxygen atoms in total. The summed E-state index contributed by atoms with van der Waals surface area (Å²) in [7, 11) is 0. The number of aryl methyl sites for hydroxylation is 2. The molecule has 0 unspecified atom stereocenters. The van der Waals surface area contributed by atoms with Gasteiger partial charge in [-0.05, 0) is 189 Å². The van der Waals surface area contributed by atoms with Crippen molar-refractivity contribution in [2.24, 2.45) is 22.9 Å². The van der Waals surface area contributed by atoms with Gasteiger partial charge in [-0.1, -0.05) is 25.3 Å². The molecule has 0 aliphatic carbocycles. The fourth-order valence-corrected chi connectivity index (χ4v) is 9.71. The van der Waals surface area contributed by atoms with E-state index < -0.39 is 0 Å². The summed E-state index contributed by atoms with van der Waals surface area (Å²) < 4.78 is 0. The van der Waals surface area contributed by atoms with Gasteiger partial charge in [0.15, 0.2) is 0 Å². The summed E-state index contributed by atoms with van der Waals surface area (Å²) >= 11 is 0. The Balaban J connectivity index is 1.38. The van der Waals surface area contributed by atoms with Gasteiger partial charge in [-0.3, -0.25) is 19.2 Å². The first-order chi connectivity index (χ1) is 35.8. The van der Waals surface area contributed by atoms with Crippen LogP contribution in [0, 0.1) is 13.8 Å². The van der Waals surface area contributed by atoms with E-state index in [0.29, 0.717) is 128 Å². The number of hydrogen-bond acceptors (Lipinski definition) is 10. The van der Waals surface area contributed by atoms with Crippen LogP contribution in [0.5, 0.6) is 0 Å². The molecule has 5 heterocycles. The molecular formula is C58H86N12O4. The van der Waals surface area contributed by atoms with Crippen molar-refractivity contribution >= 4 is 80.1 Å². The lowest BCUT2D eigenvalue weighted by Gasteiger charge is -2.22. The molecule has 0 saturated carbocycles. The zero-order chi connectivity index (χ0) is 53.6. The summed E-state index contributed by atoms with van der Waals surface area (Å²) in [5.74, 6) is 0.0760. The Labute approximate surface area is 439 Å². The molecule has 12 N–H and O–H groups in total. The van der Waals surface area contributed by atoms with Crippen molar-refractivity contribution in [2.45, 2.75) is 130 Å². The molecule has 0 aromatic carbocycles. The molecule has 402 valence electrons. The molecule has 8 bridgehead atoms. The third kappa shape index (κ3) is 16.4. The molecule has 2 aliphatic heterocycles. The molecule has 0 saturated heterocycles. The Morgan fingerprint density at radius 1 is 0.500 bits per heavy atom. The van der Waals surface area contributed by atoms with Gasteiger partial charge in [-0.15, -0.1) is 0 Å². The number of carbonyl (C=O) groups is 4. The number of aromatic amines is 2. The monoisotopic (exact) mass is 1010 g/mol. The van der Waals surface area contributed by atoms with Crippen molar-refractivity contribution in [3.8, 4) is 0 Å². The summed E-state index contributed by atoms with van der Waals surface area (Å²) in [4.78, 5) is 74.5. The predicted octanol–water partition coefficient (Wildman–Crippen LogP) is 8.05. The van der Waals surface area contributed by atoms with Crippen LogP contribution in [-0.4, -0.2) is 119 Å². The number of nitrogens with zero attached hydrogens (tertiary/aromatic N) is 4. The van der Waals surface area contributed by atoms with Crippen molar-refractivity contribution in [3.63, 3.8) is 0 Å². The fourth-order valence-electron chi connectivity index (χ4n) is 9.71. The van der Waals surface area contributed by atoms with Gasteiger partial charge in [0.2, 0.25) is 23.6 Å². The van der Waals surface area contributed by atoms with E-state index in [9.17, 15) is 19.2 Å². The van der Waals surface area contributed by atoms with Crippen molar-refractivity contribution in [1.82, 2.24) is 40.4 Å². The fraction of sp³-hybridized carbons (Fsp3) is 0.517. The van der Waals surface area contributed by atoms with E-state index in [0.717, 1.165) is 117 Å². The Hall–Kier alpha value is -6.20. The molecule has 4 amide bonds. The maximum absolute atomic E-state index is 13.5. The van der Waals surface area contributed by atoms with Gasteiger partial charge in [-0.2, -0.15) is 0 Å². The van der Waals surface area contributed by atoms with E-state index in [1.54, 1.807) is 0 Å². The lowest BCUT2D eigenvalue weighted by Crippen LogP contribution is -2.34. The molecule has 3 aromatic heterocycles. The number of allylic oxidation sites excluding steroid dienone is 4. The molecule has 5 rings (SSSR count). The predicted molar refractivity (Wildman–Crippen MR) is 305 cm³/mol. The average Bonchev–Trinajstić information content (AvgIpc) is 4.05. The number of aromatic nitrogens is 4. The van der Waals surface area contributed by atoms with Crippen LogP contribution < -0.4 is 33.6 Å². The van der Waals surface area contributed by atoms with Crippen LogP contribution in [0.25, 0.3) is 56.5 Å². The summed E-state index contributed by atoms with van der Waals surface area (Å²) in [6, 6.07) is 8.21. The minimum Gasteiger partial charge on any atom is -0.356 e. The van der Waals surface area contributed by atoms with Gasteiger partial charge in [0.05, 0.1) is 22.8 Å². The third-order valence-electron chi connectivity index (χ3n) is 14.3. The lowest BCUT2D eigenvalue weighted by atomic mass is 9.98. The normalized spacial score (nSPS) is 12.3. The smallest absolute Gasteiger partial charge is 0.222 e. The Kier molecular flexibility index (Phi) is 24.0. The molecule has 16 heteroatoms. The minimum atomic E-state index is -0.0769. The topological polar surface area (TPSA) is 260 Å². The van der Waals surface area contributed by atoms with Crippen molar-refractivity contribution in [3.05, 3.63) is 82.5 Å². The van der Waals surface area contributed by atoms with Crippen LogP contribution in [0.4, 0.5) is 0 Å². The second kappa shape index (κ2) is 30.2. The van der Waals surface area contributed by atoms with Crippen molar-refractivity contribution in [2.75, 3.05) is 65.4 Å². The molecule has 2 aliphatic rings. The average molecular weight is 1020 g/mol. The minimum absolute atomic E-state index is 0.0760. The number of unbranched alkanes of at least 4 members (excludes halogenated alkanes) is 4. The first kappa shape index (κ1) is 58.7. The van der Waals surface area contributed by atoms with E-state index >= 15 is 0 Å². The van der Waals surface area contributed by atoms with Crippen molar-refractivity contribution < 1.29 is 19.2 Å². The van der Waals surface area contributed by atoms with Gasteiger partial charge in [0, 0.05) is 98.1 Å². The number of rotatable bonds is 32. The molecule has 74 heavy (non-hydrogen) atoms. The van der Waals surface area contributed by atoms with Crippen LogP contribution in [0.2, 0.25) is 0 Å². The summed E-state index contributed by atoms with van der Waals surface area (Å²) in [6.07, 6.45) is 13.7. The molecular weight excluding hydrogens is 929 g/mol. The number of carbonyl (C=O) groups excluding carboxylic acids is 4. The zero-order valence-electron chi connectivity index (χ0n) is 45.0. The van der Waals surface area contributed by atoms with Gasteiger partial charge in [-0.25, -0.2) is 9.97 Å². The van der Waals surface area contributed by atoms with E-state index in [2.05, 4.69) is 59.7 Å². The third-order valence-corrected chi connectivity index (χ3v) is 14.3. The number of nitrogens with one attached hydrogen (secondary N) is 4. The van der Waals surface area contributed by atoms with Crippen molar-refractivity contribution in [1.29, 1.82) is 0 Å². The maximum atomic E-state index is 13.5. The Morgan fingerprint density at radius 2 is 0.892 bits per heavy atom. The largest absolute Gasteiger partial charge is 0.356 e. The highest BCUT2D eigenvalue weighted by Gasteiger charge is 2.24. The van der Waals surface area contributed by atoms with Gasteiger partial charge in [0.1, 0.15) is 0 Å².